The monoisotopic (exact) mass is 328 g/mol. The van der Waals surface area contributed by atoms with Gasteiger partial charge >= 0.3 is 0 Å². The first kappa shape index (κ1) is 15.6. The third-order valence-electron chi connectivity index (χ3n) is 2.45. The Morgan fingerprint density at radius 2 is 2.14 bits per heavy atom. The first-order valence-electron chi connectivity index (χ1n) is 6.19. The Morgan fingerprint density at radius 3 is 2.81 bits per heavy atom. The van der Waals surface area contributed by atoms with E-state index < -0.39 is 10.0 Å². The molecule has 2 aromatic heterocycles. The van der Waals surface area contributed by atoms with E-state index in [2.05, 4.69) is 39.2 Å². The van der Waals surface area contributed by atoms with Crippen molar-refractivity contribution >= 4 is 32.2 Å². The van der Waals surface area contributed by atoms with Crippen LogP contribution in [0.2, 0.25) is 0 Å². The Hall–Kier alpha value is -1.78. The molecule has 0 fully saturated rings. The van der Waals surface area contributed by atoms with Gasteiger partial charge in [-0.3, -0.25) is 10.6 Å². The predicted molar refractivity (Wildman–Crippen MR) is 81.3 cm³/mol. The Bertz CT molecular complexity index is 713. The molecule has 0 amide bonds. The van der Waals surface area contributed by atoms with Crippen LogP contribution in [0, 0.1) is 5.92 Å². The maximum absolute atomic E-state index is 12.3. The summed E-state index contributed by atoms with van der Waals surface area (Å²) in [6.07, 6.45) is 2.12. The van der Waals surface area contributed by atoms with Crippen molar-refractivity contribution in [3.63, 3.8) is 0 Å². The molecular weight excluding hydrogens is 312 g/mol. The van der Waals surface area contributed by atoms with Crippen LogP contribution in [0.3, 0.4) is 0 Å². The van der Waals surface area contributed by atoms with Crippen molar-refractivity contribution in [2.75, 3.05) is 10.1 Å². The molecule has 0 spiro atoms. The lowest BCUT2D eigenvalue weighted by atomic mass is 10.1. The number of nitrogen functional groups attached to an aromatic ring is 1. The van der Waals surface area contributed by atoms with Crippen LogP contribution in [-0.2, 0) is 16.4 Å². The van der Waals surface area contributed by atoms with Crippen molar-refractivity contribution in [1.29, 1.82) is 0 Å². The van der Waals surface area contributed by atoms with Crippen LogP contribution < -0.4 is 16.0 Å². The minimum Gasteiger partial charge on any atom is -0.321 e. The number of anilines is 2. The third kappa shape index (κ3) is 3.86. The lowest BCUT2D eigenvalue weighted by molar-refractivity contribution is 0.597. The van der Waals surface area contributed by atoms with Crippen molar-refractivity contribution in [1.82, 2.24) is 15.2 Å². The topological polar surface area (TPSA) is 123 Å². The van der Waals surface area contributed by atoms with Gasteiger partial charge in [-0.05, 0) is 18.1 Å². The number of nitrogens with two attached hydrogens (primary N) is 1. The smallest absolute Gasteiger partial charge is 0.283 e. The van der Waals surface area contributed by atoms with E-state index in [0.29, 0.717) is 5.92 Å². The molecule has 4 N–H and O–H groups in total. The summed E-state index contributed by atoms with van der Waals surface area (Å²) in [6.45, 7) is 4.11. The highest BCUT2D eigenvalue weighted by Crippen LogP contribution is 2.23. The van der Waals surface area contributed by atoms with E-state index in [-0.39, 0.29) is 15.8 Å². The molecule has 0 aliphatic heterocycles. The van der Waals surface area contributed by atoms with E-state index in [0.717, 1.165) is 11.4 Å². The maximum Gasteiger partial charge on any atom is 0.283 e. The zero-order valence-corrected chi connectivity index (χ0v) is 13.2. The molecule has 21 heavy (non-hydrogen) atoms. The first-order chi connectivity index (χ1) is 9.92. The van der Waals surface area contributed by atoms with E-state index in [4.69, 9.17) is 5.84 Å². The maximum atomic E-state index is 12.3. The van der Waals surface area contributed by atoms with Gasteiger partial charge in [0.15, 0.2) is 0 Å². The number of pyridine rings is 1. The highest BCUT2D eigenvalue weighted by atomic mass is 32.2. The molecule has 0 aliphatic rings. The lowest BCUT2D eigenvalue weighted by Gasteiger charge is -2.08. The number of nitrogens with zero attached hydrogens (tertiary/aromatic N) is 3. The van der Waals surface area contributed by atoms with Crippen LogP contribution in [0.15, 0.2) is 23.4 Å². The van der Waals surface area contributed by atoms with Gasteiger partial charge in [0, 0.05) is 12.6 Å². The normalized spacial score (nSPS) is 11.6. The molecule has 0 bridgehead atoms. The zero-order chi connectivity index (χ0) is 15.5. The average Bonchev–Trinajstić information content (AvgIpc) is 2.84. The van der Waals surface area contributed by atoms with Gasteiger partial charge in [0.05, 0.1) is 5.69 Å². The van der Waals surface area contributed by atoms with Gasteiger partial charge in [-0.25, -0.2) is 4.98 Å². The van der Waals surface area contributed by atoms with Gasteiger partial charge in [0.1, 0.15) is 5.01 Å². The highest BCUT2D eigenvalue weighted by molar-refractivity contribution is 7.93. The van der Waals surface area contributed by atoms with E-state index >= 15 is 0 Å². The molecule has 0 radical (unpaired) electrons. The number of aromatic nitrogens is 3. The summed E-state index contributed by atoms with van der Waals surface area (Å²) in [4.78, 5) is 3.84. The molecular formula is C11H16N6O2S2. The average molecular weight is 328 g/mol. The minimum absolute atomic E-state index is 0.187. The van der Waals surface area contributed by atoms with Gasteiger partial charge in [0.25, 0.3) is 10.0 Å². The summed E-state index contributed by atoms with van der Waals surface area (Å²) < 4.78 is 26.9. The predicted octanol–water partition coefficient (Wildman–Crippen LogP) is 1.22. The molecule has 0 saturated carbocycles. The Morgan fingerprint density at radius 1 is 1.38 bits per heavy atom. The van der Waals surface area contributed by atoms with Gasteiger partial charge in [-0.15, -0.1) is 10.2 Å². The van der Waals surface area contributed by atoms with Crippen LogP contribution in [0.5, 0.6) is 0 Å². The summed E-state index contributed by atoms with van der Waals surface area (Å²) in [6, 6.07) is 3.10. The molecule has 0 aromatic carbocycles. The Kier molecular flexibility index (Phi) is 4.70. The molecule has 0 atom stereocenters. The number of hydrogen-bond donors (Lipinski definition) is 3. The SMILES string of the molecule is CC(C)Cc1nnc(NS(=O)(=O)c2ncccc2NN)s1. The second-order valence-electron chi connectivity index (χ2n) is 4.70. The minimum atomic E-state index is -3.87. The van der Waals surface area contributed by atoms with Crippen LogP contribution in [0.1, 0.15) is 18.9 Å². The van der Waals surface area contributed by atoms with Crippen molar-refractivity contribution in [2.45, 2.75) is 25.3 Å². The fourth-order valence-electron chi connectivity index (χ4n) is 1.60. The van der Waals surface area contributed by atoms with E-state index in [1.807, 2.05) is 0 Å². The molecule has 0 aliphatic carbocycles. The summed E-state index contributed by atoms with van der Waals surface area (Å²) in [5, 5.41) is 8.59. The molecule has 2 heterocycles. The van der Waals surface area contributed by atoms with E-state index in [1.165, 1.54) is 23.6 Å². The quantitative estimate of drug-likeness (QED) is 0.538. The molecule has 0 unspecified atom stereocenters. The summed E-state index contributed by atoms with van der Waals surface area (Å²) in [7, 11) is -3.87. The molecule has 10 heteroatoms. The van der Waals surface area contributed by atoms with Crippen molar-refractivity contribution in [3.8, 4) is 0 Å². The Labute approximate surface area is 126 Å². The second-order valence-corrected chi connectivity index (χ2v) is 7.36. The van der Waals surface area contributed by atoms with Gasteiger partial charge in [-0.2, -0.15) is 8.42 Å². The number of hydrogen-bond acceptors (Lipinski definition) is 8. The van der Waals surface area contributed by atoms with Crippen LogP contribution in [0.25, 0.3) is 0 Å². The summed E-state index contributed by atoms with van der Waals surface area (Å²) in [5.74, 6) is 5.71. The van der Waals surface area contributed by atoms with Crippen molar-refractivity contribution in [2.24, 2.45) is 11.8 Å². The fourth-order valence-corrected chi connectivity index (χ4v) is 3.89. The van der Waals surface area contributed by atoms with Crippen molar-refractivity contribution in [3.05, 3.63) is 23.3 Å². The lowest BCUT2D eigenvalue weighted by Crippen LogP contribution is -2.18. The number of hydrazine groups is 1. The molecule has 2 aromatic rings. The number of rotatable bonds is 6. The molecule has 2 rings (SSSR count). The second kappa shape index (κ2) is 6.33. The van der Waals surface area contributed by atoms with Crippen LogP contribution in [-0.4, -0.2) is 23.6 Å². The summed E-state index contributed by atoms with van der Waals surface area (Å²) in [5.41, 5.74) is 2.51. The van der Waals surface area contributed by atoms with E-state index in [1.54, 1.807) is 6.07 Å². The number of sulfonamides is 1. The zero-order valence-electron chi connectivity index (χ0n) is 11.6. The largest absolute Gasteiger partial charge is 0.321 e. The molecule has 0 saturated heterocycles. The van der Waals surface area contributed by atoms with E-state index in [9.17, 15) is 8.42 Å². The van der Waals surface area contributed by atoms with Gasteiger partial charge < -0.3 is 5.43 Å². The van der Waals surface area contributed by atoms with Gasteiger partial charge in [0.2, 0.25) is 10.2 Å². The highest BCUT2D eigenvalue weighted by Gasteiger charge is 2.21. The molecule has 114 valence electrons. The third-order valence-corrected chi connectivity index (χ3v) is 4.74. The van der Waals surface area contributed by atoms with Crippen LogP contribution >= 0.6 is 11.3 Å². The van der Waals surface area contributed by atoms with Gasteiger partial charge in [-0.1, -0.05) is 25.2 Å². The standard InChI is InChI=1S/C11H16N6O2S2/c1-7(2)6-9-15-16-11(20-9)17-21(18,19)10-8(14-12)4-3-5-13-10/h3-5,7,14H,6,12H2,1-2H3,(H,16,17). The summed E-state index contributed by atoms with van der Waals surface area (Å²) >= 11 is 1.20. The Balaban J connectivity index is 2.23. The first-order valence-corrected chi connectivity index (χ1v) is 8.49. The molecule has 8 nitrogen and oxygen atoms in total. The fraction of sp³-hybridized carbons (Fsp3) is 0.364. The van der Waals surface area contributed by atoms with Crippen molar-refractivity contribution < 1.29 is 8.42 Å². The number of nitrogens with one attached hydrogen (secondary N) is 2. The van der Waals surface area contributed by atoms with Crippen LogP contribution in [0.4, 0.5) is 10.8 Å².